The molecule has 0 radical (unpaired) electrons. The Kier molecular flexibility index (Phi) is 5.31. The number of hydrogen-bond acceptors (Lipinski definition) is 2. The van der Waals surface area contributed by atoms with Gasteiger partial charge in [-0.1, -0.05) is 36.2 Å². The van der Waals surface area contributed by atoms with Gasteiger partial charge in [-0.15, -0.1) is 0 Å². The zero-order chi connectivity index (χ0) is 15.6. The molecule has 1 aromatic carbocycles. The van der Waals surface area contributed by atoms with Crippen molar-refractivity contribution in [2.45, 2.75) is 39.3 Å². The second-order valence-corrected chi connectivity index (χ2v) is 6.15. The van der Waals surface area contributed by atoms with Gasteiger partial charge in [0.05, 0.1) is 16.2 Å². The summed E-state index contributed by atoms with van der Waals surface area (Å²) in [5.74, 6) is 0. The lowest BCUT2D eigenvalue weighted by Gasteiger charge is -2.23. The van der Waals surface area contributed by atoms with Gasteiger partial charge in [-0.25, -0.2) is 0 Å². The number of benzene rings is 1. The first-order chi connectivity index (χ1) is 9.93. The molecule has 0 aliphatic heterocycles. The lowest BCUT2D eigenvalue weighted by atomic mass is 10.0. The van der Waals surface area contributed by atoms with Crippen molar-refractivity contribution < 1.29 is 0 Å². The first-order valence-electron chi connectivity index (χ1n) is 7.13. The molecule has 2 aromatic rings. The predicted octanol–water partition coefficient (Wildman–Crippen LogP) is 4.84. The summed E-state index contributed by atoms with van der Waals surface area (Å²) in [6.45, 7) is 6.40. The summed E-state index contributed by atoms with van der Waals surface area (Å²) in [4.78, 5) is 0. The third kappa shape index (κ3) is 3.60. The fourth-order valence-electron chi connectivity index (χ4n) is 2.51. The third-order valence-electron chi connectivity index (χ3n) is 3.95. The zero-order valence-electron chi connectivity index (χ0n) is 12.8. The molecule has 21 heavy (non-hydrogen) atoms. The van der Waals surface area contributed by atoms with Crippen LogP contribution in [0.1, 0.15) is 49.2 Å². The maximum Gasteiger partial charge on any atom is 0.0595 e. The van der Waals surface area contributed by atoms with E-state index in [-0.39, 0.29) is 12.1 Å². The van der Waals surface area contributed by atoms with E-state index >= 15 is 0 Å². The third-order valence-corrected chi connectivity index (χ3v) is 4.68. The van der Waals surface area contributed by atoms with Crippen LogP contribution in [0, 0.1) is 6.92 Å². The second-order valence-electron chi connectivity index (χ2n) is 5.33. The van der Waals surface area contributed by atoms with Gasteiger partial charge < -0.3 is 5.32 Å². The topological polar surface area (TPSA) is 29.9 Å². The fraction of sp³-hybridized carbons (Fsp3) is 0.438. The van der Waals surface area contributed by atoms with Crippen molar-refractivity contribution in [1.29, 1.82) is 0 Å². The number of rotatable bonds is 5. The summed E-state index contributed by atoms with van der Waals surface area (Å²) in [6.07, 6.45) is 2.90. The van der Waals surface area contributed by atoms with E-state index in [1.165, 1.54) is 11.3 Å². The van der Waals surface area contributed by atoms with Gasteiger partial charge in [0.2, 0.25) is 0 Å². The first kappa shape index (κ1) is 16.3. The lowest BCUT2D eigenvalue weighted by molar-refractivity contribution is 0.455. The van der Waals surface area contributed by atoms with Crippen molar-refractivity contribution in [2.75, 3.05) is 0 Å². The lowest BCUT2D eigenvalue weighted by Crippen LogP contribution is -2.24. The molecule has 0 aliphatic carbocycles. The molecule has 2 unspecified atom stereocenters. The van der Waals surface area contributed by atoms with Gasteiger partial charge in [0.25, 0.3) is 0 Å². The Morgan fingerprint density at radius 2 is 2.00 bits per heavy atom. The van der Waals surface area contributed by atoms with Crippen LogP contribution >= 0.6 is 23.2 Å². The highest BCUT2D eigenvalue weighted by atomic mass is 35.5. The molecule has 0 saturated carbocycles. The molecule has 1 N–H and O–H groups in total. The van der Waals surface area contributed by atoms with E-state index in [4.69, 9.17) is 23.2 Å². The van der Waals surface area contributed by atoms with Crippen molar-refractivity contribution in [3.8, 4) is 0 Å². The monoisotopic (exact) mass is 325 g/mol. The molecule has 0 bridgehead atoms. The molecule has 0 aliphatic rings. The first-order valence-corrected chi connectivity index (χ1v) is 7.89. The summed E-state index contributed by atoms with van der Waals surface area (Å²) >= 11 is 12.1. The van der Waals surface area contributed by atoms with Crippen molar-refractivity contribution in [3.05, 3.63) is 51.3 Å². The number of hydrogen-bond donors (Lipinski definition) is 1. The summed E-state index contributed by atoms with van der Waals surface area (Å²) < 4.78 is 1.90. The van der Waals surface area contributed by atoms with Gasteiger partial charge in [0, 0.05) is 30.4 Å². The number of aromatic nitrogens is 2. The molecular formula is C16H21Cl2N3. The molecule has 114 valence electrons. The predicted molar refractivity (Wildman–Crippen MR) is 89.0 cm³/mol. The molecule has 1 heterocycles. The highest BCUT2D eigenvalue weighted by molar-refractivity contribution is 6.42. The van der Waals surface area contributed by atoms with Crippen LogP contribution in [0.4, 0.5) is 0 Å². The maximum atomic E-state index is 6.12. The Hall–Kier alpha value is -1.03. The molecule has 1 aromatic heterocycles. The van der Waals surface area contributed by atoms with Gasteiger partial charge in [-0.3, -0.25) is 4.68 Å². The van der Waals surface area contributed by atoms with E-state index in [1.807, 2.05) is 36.1 Å². The minimum atomic E-state index is 0.220. The Bertz CT molecular complexity index is 622. The molecule has 0 spiro atoms. The van der Waals surface area contributed by atoms with Crippen molar-refractivity contribution in [1.82, 2.24) is 15.1 Å². The van der Waals surface area contributed by atoms with Crippen LogP contribution in [0.15, 0.2) is 24.4 Å². The minimum absolute atomic E-state index is 0.220. The Morgan fingerprint density at radius 3 is 2.52 bits per heavy atom. The molecule has 2 atom stereocenters. The molecule has 0 saturated heterocycles. The number of nitrogens with zero attached hydrogens (tertiary/aromatic N) is 2. The molecule has 3 nitrogen and oxygen atoms in total. The summed E-state index contributed by atoms with van der Waals surface area (Å²) in [5, 5.41) is 9.14. The van der Waals surface area contributed by atoms with E-state index in [9.17, 15) is 0 Å². The molecular weight excluding hydrogens is 305 g/mol. The highest BCUT2D eigenvalue weighted by Gasteiger charge is 2.17. The molecule has 2 rings (SSSR count). The van der Waals surface area contributed by atoms with E-state index in [1.54, 1.807) is 0 Å². The molecule has 0 amide bonds. The Labute approximate surface area is 136 Å². The van der Waals surface area contributed by atoms with Gasteiger partial charge in [0.1, 0.15) is 0 Å². The number of halogens is 2. The largest absolute Gasteiger partial charge is 0.303 e. The van der Waals surface area contributed by atoms with E-state index in [2.05, 4.69) is 31.2 Å². The van der Waals surface area contributed by atoms with Gasteiger partial charge in [-0.2, -0.15) is 5.10 Å². The van der Waals surface area contributed by atoms with Gasteiger partial charge >= 0.3 is 0 Å². The van der Waals surface area contributed by atoms with Crippen LogP contribution in [0.3, 0.4) is 0 Å². The van der Waals surface area contributed by atoms with E-state index < -0.39 is 0 Å². The number of aryl methyl sites for hydroxylation is 1. The Morgan fingerprint density at radius 1 is 1.29 bits per heavy atom. The SMILES string of the molecule is CCC(NC(C)c1cnn(C)c1C)c1ccc(Cl)c(Cl)c1. The van der Waals surface area contributed by atoms with Crippen molar-refractivity contribution >= 4 is 23.2 Å². The summed E-state index contributed by atoms with van der Waals surface area (Å²) in [5.41, 5.74) is 3.55. The van der Waals surface area contributed by atoms with Crippen LogP contribution in [-0.4, -0.2) is 9.78 Å². The quantitative estimate of drug-likeness (QED) is 0.852. The van der Waals surface area contributed by atoms with Crippen LogP contribution in [-0.2, 0) is 7.05 Å². The normalized spacial score (nSPS) is 14.2. The second kappa shape index (κ2) is 6.82. The Balaban J connectivity index is 2.18. The fourth-order valence-corrected chi connectivity index (χ4v) is 2.82. The van der Waals surface area contributed by atoms with E-state index in [0.717, 1.165) is 12.0 Å². The van der Waals surface area contributed by atoms with Crippen LogP contribution in [0.5, 0.6) is 0 Å². The molecule has 0 fully saturated rings. The average molecular weight is 326 g/mol. The van der Waals surface area contributed by atoms with E-state index in [0.29, 0.717) is 10.0 Å². The summed E-state index contributed by atoms with van der Waals surface area (Å²) in [6, 6.07) is 6.27. The van der Waals surface area contributed by atoms with Crippen molar-refractivity contribution in [3.63, 3.8) is 0 Å². The minimum Gasteiger partial charge on any atom is -0.303 e. The van der Waals surface area contributed by atoms with Gasteiger partial charge in [0.15, 0.2) is 0 Å². The van der Waals surface area contributed by atoms with Crippen LogP contribution in [0.2, 0.25) is 10.0 Å². The van der Waals surface area contributed by atoms with Crippen LogP contribution in [0.25, 0.3) is 0 Å². The summed E-state index contributed by atoms with van der Waals surface area (Å²) in [7, 11) is 1.96. The van der Waals surface area contributed by atoms with Gasteiger partial charge in [-0.05, 0) is 38.0 Å². The van der Waals surface area contributed by atoms with Crippen molar-refractivity contribution in [2.24, 2.45) is 7.05 Å². The highest BCUT2D eigenvalue weighted by Crippen LogP contribution is 2.29. The molecule has 5 heteroatoms. The zero-order valence-corrected chi connectivity index (χ0v) is 14.3. The average Bonchev–Trinajstić information content (AvgIpc) is 2.79. The number of nitrogens with one attached hydrogen (secondary N) is 1. The van der Waals surface area contributed by atoms with Crippen LogP contribution < -0.4 is 5.32 Å². The smallest absolute Gasteiger partial charge is 0.0595 e. The maximum absolute atomic E-state index is 6.12. The standard InChI is InChI=1S/C16H21Cl2N3/c1-5-16(12-6-7-14(17)15(18)8-12)20-10(2)13-9-19-21(4)11(13)3/h6-10,16,20H,5H2,1-4H3.